The van der Waals surface area contributed by atoms with Gasteiger partial charge in [0.15, 0.2) is 6.10 Å². The van der Waals surface area contributed by atoms with Gasteiger partial charge >= 0.3 is 12.1 Å². The lowest BCUT2D eigenvalue weighted by molar-refractivity contribution is -0.142. The highest BCUT2D eigenvalue weighted by Crippen LogP contribution is 2.32. The van der Waals surface area contributed by atoms with E-state index in [9.17, 15) is 14.4 Å². The van der Waals surface area contributed by atoms with Crippen LogP contribution >= 0.6 is 22.9 Å². The largest absolute Gasteiger partial charge is 0.436 e. The molecular weight excluding hydrogens is 614 g/mol. The fourth-order valence-corrected chi connectivity index (χ4v) is 8.15. The Morgan fingerprint density at radius 1 is 1.04 bits per heavy atom. The molecule has 0 spiro atoms. The lowest BCUT2D eigenvalue weighted by atomic mass is 9.99. The molecule has 4 amide bonds. The van der Waals surface area contributed by atoms with Gasteiger partial charge in [-0.25, -0.2) is 9.59 Å². The van der Waals surface area contributed by atoms with E-state index in [0.29, 0.717) is 68.7 Å². The van der Waals surface area contributed by atoms with Gasteiger partial charge in [0.2, 0.25) is 0 Å². The number of piperazine rings is 1. The van der Waals surface area contributed by atoms with Crippen LogP contribution in [0.25, 0.3) is 0 Å². The van der Waals surface area contributed by atoms with Gasteiger partial charge in [0.25, 0.3) is 5.91 Å². The molecule has 3 saturated heterocycles. The lowest BCUT2D eigenvalue weighted by Crippen LogP contribution is -2.54. The number of likely N-dealkylation sites (tertiary alicyclic amines) is 2. The van der Waals surface area contributed by atoms with Gasteiger partial charge in [-0.15, -0.1) is 11.3 Å². The van der Waals surface area contributed by atoms with Crippen LogP contribution < -0.4 is 16.4 Å². The smallest absolute Gasteiger partial charge is 0.410 e. The van der Waals surface area contributed by atoms with E-state index in [1.807, 2.05) is 34.2 Å². The summed E-state index contributed by atoms with van der Waals surface area (Å²) in [5, 5.41) is 9.73. The maximum absolute atomic E-state index is 14.0. The molecule has 4 aliphatic heterocycles. The molecule has 5 heterocycles. The monoisotopic (exact) mass is 657 g/mol. The summed E-state index contributed by atoms with van der Waals surface area (Å²) < 4.78 is 6.04. The van der Waals surface area contributed by atoms with E-state index in [-0.39, 0.29) is 24.4 Å². The number of nitrogens with two attached hydrogens (primary N) is 1. The van der Waals surface area contributed by atoms with Crippen LogP contribution in [0.4, 0.5) is 20.3 Å². The number of fused-ring (bicyclic) bond motifs is 1. The summed E-state index contributed by atoms with van der Waals surface area (Å²) in [4.78, 5) is 48.2. The topological polar surface area (TPSA) is 123 Å². The number of piperidine rings is 2. The fourth-order valence-electron chi connectivity index (χ4n) is 7.09. The summed E-state index contributed by atoms with van der Waals surface area (Å²) in [5.41, 5.74) is 9.56. The molecule has 13 heteroatoms. The molecule has 0 unspecified atom stereocenters. The number of nitrogens with one attached hydrogen (secondary N) is 2. The predicted molar refractivity (Wildman–Crippen MR) is 177 cm³/mol. The van der Waals surface area contributed by atoms with Crippen LogP contribution in [-0.2, 0) is 28.9 Å². The molecule has 45 heavy (non-hydrogen) atoms. The quantitative estimate of drug-likeness (QED) is 0.385. The van der Waals surface area contributed by atoms with Crippen molar-refractivity contribution in [2.24, 2.45) is 0 Å². The first kappa shape index (κ1) is 31.9. The minimum Gasteiger partial charge on any atom is -0.436 e. The number of nitrogen functional groups attached to an aromatic ring is 1. The van der Waals surface area contributed by atoms with E-state index in [2.05, 4.69) is 15.5 Å². The number of anilines is 2. The van der Waals surface area contributed by atoms with Crippen molar-refractivity contribution in [3.63, 3.8) is 0 Å². The van der Waals surface area contributed by atoms with Crippen LogP contribution in [0, 0.1) is 0 Å². The van der Waals surface area contributed by atoms with Gasteiger partial charge in [0.05, 0.1) is 17.3 Å². The van der Waals surface area contributed by atoms with E-state index in [4.69, 9.17) is 22.1 Å². The number of amides is 4. The van der Waals surface area contributed by atoms with Crippen molar-refractivity contribution < 1.29 is 19.1 Å². The number of carbonyl (C=O) groups is 3. The highest BCUT2D eigenvalue weighted by Gasteiger charge is 2.37. The number of benzene rings is 1. The number of urea groups is 1. The molecule has 2 aromatic rings. The number of thiophene rings is 1. The van der Waals surface area contributed by atoms with Crippen LogP contribution in [-0.4, -0.2) is 108 Å². The molecule has 4 N–H and O–H groups in total. The van der Waals surface area contributed by atoms with Gasteiger partial charge in [-0.05, 0) is 60.7 Å². The first-order valence-electron chi connectivity index (χ1n) is 16.2. The standard InChI is InChI=1S/C32H44ClN7O4S/c1-2-22-17-21(18-26(33)28(22)34)19-27(30(41)38-10-3-24(4-11-38)37-14-8-35-9-15-37)44-32(43)39-12-5-25(6-13-39)40-20-23-7-16-45-29(23)36-31(40)42/h7,16-18,24-25,27,35H,2-6,8-15,19-20,34H2,1H3,(H,36,42)/t27-/m1/s1. The normalized spacial score (nSPS) is 20.9. The Hall–Kier alpha value is -3.06. The molecule has 6 rings (SSSR count). The second-order valence-electron chi connectivity index (χ2n) is 12.5. The summed E-state index contributed by atoms with van der Waals surface area (Å²) in [6.07, 6.45) is 2.57. The Balaban J connectivity index is 1.10. The lowest BCUT2D eigenvalue weighted by Gasteiger charge is -2.41. The summed E-state index contributed by atoms with van der Waals surface area (Å²) in [6, 6.07) is 6.18. The van der Waals surface area contributed by atoms with Crippen molar-refractivity contribution in [3.05, 3.63) is 45.3 Å². The Morgan fingerprint density at radius 2 is 1.73 bits per heavy atom. The summed E-state index contributed by atoms with van der Waals surface area (Å²) in [5.74, 6) is -0.167. The van der Waals surface area contributed by atoms with Crippen molar-refractivity contribution in [1.29, 1.82) is 0 Å². The average Bonchev–Trinajstić information content (AvgIpc) is 3.53. The third-order valence-corrected chi connectivity index (χ3v) is 11.0. The van der Waals surface area contributed by atoms with E-state index in [0.717, 1.165) is 60.7 Å². The van der Waals surface area contributed by atoms with Crippen LogP contribution in [0.5, 0.6) is 0 Å². The zero-order valence-corrected chi connectivity index (χ0v) is 27.5. The van der Waals surface area contributed by atoms with Gasteiger partial charge in [0.1, 0.15) is 5.00 Å². The fraction of sp³-hybridized carbons (Fsp3) is 0.594. The number of carbonyl (C=O) groups excluding carboxylic acids is 3. The summed E-state index contributed by atoms with van der Waals surface area (Å²) in [6.45, 7) is 8.83. The van der Waals surface area contributed by atoms with E-state index in [1.165, 1.54) is 11.3 Å². The van der Waals surface area contributed by atoms with E-state index >= 15 is 0 Å². The molecule has 0 aliphatic carbocycles. The highest BCUT2D eigenvalue weighted by atomic mass is 35.5. The zero-order valence-electron chi connectivity index (χ0n) is 25.9. The molecule has 0 radical (unpaired) electrons. The Morgan fingerprint density at radius 3 is 2.44 bits per heavy atom. The van der Waals surface area contributed by atoms with Gasteiger partial charge in [-0.2, -0.15) is 0 Å². The Labute approximate surface area is 274 Å². The SMILES string of the molecule is CCc1cc(C[C@@H](OC(=O)N2CCC(N3Cc4ccsc4NC3=O)CC2)C(=O)N2CCC(N3CCNCC3)CC2)cc(Cl)c1N. The summed E-state index contributed by atoms with van der Waals surface area (Å²) >= 11 is 7.99. The van der Waals surface area contributed by atoms with Crippen LogP contribution in [0.2, 0.25) is 5.02 Å². The average molecular weight is 658 g/mol. The second-order valence-corrected chi connectivity index (χ2v) is 13.8. The minimum atomic E-state index is -0.972. The van der Waals surface area contributed by atoms with Gasteiger partial charge in [-0.3, -0.25) is 15.0 Å². The van der Waals surface area contributed by atoms with Gasteiger partial charge in [0, 0.05) is 76.4 Å². The first-order valence-corrected chi connectivity index (χ1v) is 17.5. The number of halogens is 1. The van der Waals surface area contributed by atoms with E-state index in [1.54, 1.807) is 11.0 Å². The number of ether oxygens (including phenoxy) is 1. The summed E-state index contributed by atoms with van der Waals surface area (Å²) in [7, 11) is 0. The first-order chi connectivity index (χ1) is 21.8. The predicted octanol–water partition coefficient (Wildman–Crippen LogP) is 4.00. The highest BCUT2D eigenvalue weighted by molar-refractivity contribution is 7.14. The molecule has 1 aromatic heterocycles. The van der Waals surface area contributed by atoms with Gasteiger partial charge < -0.3 is 30.5 Å². The van der Waals surface area contributed by atoms with Crippen molar-refractivity contribution in [2.45, 2.75) is 70.2 Å². The number of hydrogen-bond donors (Lipinski definition) is 3. The Bertz CT molecular complexity index is 1380. The molecule has 1 aromatic carbocycles. The molecule has 1 atom stereocenters. The molecular formula is C32H44ClN7O4S. The minimum absolute atomic E-state index is 0.0286. The van der Waals surface area contributed by atoms with Crippen LogP contribution in [0.15, 0.2) is 23.6 Å². The maximum Gasteiger partial charge on any atom is 0.410 e. The number of rotatable bonds is 7. The maximum atomic E-state index is 14.0. The third kappa shape index (κ3) is 7.19. The number of aryl methyl sites for hydroxylation is 1. The van der Waals surface area contributed by atoms with E-state index < -0.39 is 12.2 Å². The van der Waals surface area contributed by atoms with Gasteiger partial charge in [-0.1, -0.05) is 24.6 Å². The number of hydrogen-bond acceptors (Lipinski definition) is 8. The Kier molecular flexibility index (Phi) is 10.0. The second kappa shape index (κ2) is 14.1. The molecule has 4 aliphatic rings. The van der Waals surface area contributed by atoms with Crippen molar-refractivity contribution in [3.8, 4) is 0 Å². The molecule has 244 valence electrons. The molecule has 11 nitrogen and oxygen atoms in total. The zero-order chi connectivity index (χ0) is 31.5. The van der Waals surface area contributed by atoms with Crippen LogP contribution in [0.1, 0.15) is 49.3 Å². The third-order valence-electron chi connectivity index (χ3n) is 9.77. The van der Waals surface area contributed by atoms with Crippen molar-refractivity contribution in [1.82, 2.24) is 24.9 Å². The molecule has 0 bridgehead atoms. The number of nitrogens with zero attached hydrogens (tertiary/aromatic N) is 4. The molecule has 3 fully saturated rings. The molecule has 0 saturated carbocycles. The van der Waals surface area contributed by atoms with Crippen molar-refractivity contribution >= 4 is 51.7 Å². The van der Waals surface area contributed by atoms with Crippen molar-refractivity contribution in [2.75, 3.05) is 63.4 Å². The van der Waals surface area contributed by atoms with Crippen LogP contribution in [0.3, 0.4) is 0 Å².